The number of ether oxygens (including phenoxy) is 2. The van der Waals surface area contributed by atoms with Gasteiger partial charge in [-0.1, -0.05) is 83.9 Å². The van der Waals surface area contributed by atoms with E-state index in [2.05, 4.69) is 0 Å². The Morgan fingerprint density at radius 3 is 1.36 bits per heavy atom. The van der Waals surface area contributed by atoms with Crippen LogP contribution in [-0.4, -0.2) is 7.69 Å². The second-order valence-corrected chi connectivity index (χ2v) is 8.01. The van der Waals surface area contributed by atoms with E-state index >= 15 is 0 Å². The Morgan fingerprint density at radius 2 is 0.939 bits per heavy atom. The zero-order valence-corrected chi connectivity index (χ0v) is 19.3. The standard InChI is InChI=1S/C26H21BCl2O4/c28-21-11-13-23(30-17-19-7-3-1-4-8-19)25(15-21)32-27-33-26-16-22(29)12-14-24(26)31-18-20-9-5-2-6-10-20/h1-16,27H,17-18H2. The molecule has 33 heavy (non-hydrogen) atoms. The predicted molar refractivity (Wildman–Crippen MR) is 133 cm³/mol. The van der Waals surface area contributed by atoms with Gasteiger partial charge in [0.1, 0.15) is 24.7 Å². The van der Waals surface area contributed by atoms with Gasteiger partial charge < -0.3 is 18.8 Å². The highest BCUT2D eigenvalue weighted by atomic mass is 35.5. The molecule has 7 heteroatoms. The molecule has 0 N–H and O–H groups in total. The molecule has 0 unspecified atom stereocenters. The number of hydrogen-bond acceptors (Lipinski definition) is 4. The fraction of sp³-hybridized carbons (Fsp3) is 0.0769. The van der Waals surface area contributed by atoms with Gasteiger partial charge in [0.2, 0.25) is 0 Å². The minimum Gasteiger partial charge on any atom is -0.526 e. The molecule has 0 aliphatic rings. The third-order valence-electron chi connectivity index (χ3n) is 4.71. The summed E-state index contributed by atoms with van der Waals surface area (Å²) in [5.41, 5.74) is 2.10. The third kappa shape index (κ3) is 6.85. The molecule has 0 aliphatic carbocycles. The highest BCUT2D eigenvalue weighted by Crippen LogP contribution is 2.33. The quantitative estimate of drug-likeness (QED) is 0.233. The lowest BCUT2D eigenvalue weighted by molar-refractivity contribution is 0.288. The van der Waals surface area contributed by atoms with Gasteiger partial charge in [0.15, 0.2) is 11.5 Å². The highest BCUT2D eigenvalue weighted by Gasteiger charge is 2.12. The van der Waals surface area contributed by atoms with E-state index in [0.717, 1.165) is 11.1 Å². The van der Waals surface area contributed by atoms with Crippen molar-refractivity contribution >= 4 is 30.9 Å². The molecule has 0 aromatic heterocycles. The summed E-state index contributed by atoms with van der Waals surface area (Å²) in [6.07, 6.45) is 0. The van der Waals surface area contributed by atoms with Crippen LogP contribution >= 0.6 is 23.2 Å². The maximum atomic E-state index is 6.16. The molecule has 0 saturated carbocycles. The van der Waals surface area contributed by atoms with E-state index < -0.39 is 0 Å². The van der Waals surface area contributed by atoms with Gasteiger partial charge in [-0.3, -0.25) is 0 Å². The number of rotatable bonds is 10. The largest absolute Gasteiger partial charge is 0.576 e. The molecule has 4 nitrogen and oxygen atoms in total. The van der Waals surface area contributed by atoms with Crippen LogP contribution in [0.1, 0.15) is 11.1 Å². The first-order chi connectivity index (χ1) is 16.2. The van der Waals surface area contributed by atoms with E-state index in [1.165, 1.54) is 0 Å². The molecule has 4 rings (SSSR count). The first kappa shape index (κ1) is 22.9. The van der Waals surface area contributed by atoms with Crippen molar-refractivity contribution in [2.24, 2.45) is 0 Å². The molecular weight excluding hydrogens is 458 g/mol. The molecule has 0 heterocycles. The van der Waals surface area contributed by atoms with E-state index in [0.29, 0.717) is 46.3 Å². The van der Waals surface area contributed by atoms with Crippen molar-refractivity contribution in [3.63, 3.8) is 0 Å². The van der Waals surface area contributed by atoms with E-state index in [1.807, 2.05) is 60.7 Å². The first-order valence-electron chi connectivity index (χ1n) is 10.4. The molecule has 4 aromatic carbocycles. The van der Waals surface area contributed by atoms with E-state index in [9.17, 15) is 0 Å². The minimum atomic E-state index is -0.0793. The number of benzene rings is 4. The Bertz CT molecular complexity index is 1080. The highest BCUT2D eigenvalue weighted by molar-refractivity contribution is 6.31. The van der Waals surface area contributed by atoms with Crippen molar-refractivity contribution < 1.29 is 18.8 Å². The van der Waals surface area contributed by atoms with Gasteiger partial charge in [-0.25, -0.2) is 0 Å². The molecule has 0 aliphatic heterocycles. The average Bonchev–Trinajstić information content (AvgIpc) is 2.84. The van der Waals surface area contributed by atoms with Gasteiger partial charge in [-0.05, 0) is 35.4 Å². The summed E-state index contributed by atoms with van der Waals surface area (Å²) in [6.45, 7) is 0.816. The summed E-state index contributed by atoms with van der Waals surface area (Å²) < 4.78 is 23.5. The molecular formula is C26H21BCl2O4. The maximum absolute atomic E-state index is 6.16. The van der Waals surface area contributed by atoms with Crippen LogP contribution in [0.25, 0.3) is 0 Å². The zero-order chi connectivity index (χ0) is 22.9. The second-order valence-electron chi connectivity index (χ2n) is 7.14. The van der Waals surface area contributed by atoms with Gasteiger partial charge >= 0.3 is 7.69 Å². The van der Waals surface area contributed by atoms with Crippen molar-refractivity contribution in [2.45, 2.75) is 13.2 Å². The maximum Gasteiger partial charge on any atom is 0.576 e. The lowest BCUT2D eigenvalue weighted by Gasteiger charge is -2.15. The summed E-state index contributed by atoms with van der Waals surface area (Å²) in [4.78, 5) is 0. The second kappa shape index (κ2) is 11.5. The van der Waals surface area contributed by atoms with Crippen molar-refractivity contribution in [3.8, 4) is 23.0 Å². The normalized spacial score (nSPS) is 10.4. The Hall–Kier alpha value is -3.28. The monoisotopic (exact) mass is 478 g/mol. The molecule has 0 spiro atoms. The van der Waals surface area contributed by atoms with Crippen LogP contribution in [0.4, 0.5) is 0 Å². The minimum absolute atomic E-state index is 0.0793. The Kier molecular flexibility index (Phi) is 8.02. The molecule has 0 saturated heterocycles. The van der Waals surface area contributed by atoms with E-state index in [4.69, 9.17) is 42.0 Å². The Labute approximate surface area is 203 Å². The summed E-state index contributed by atoms with van der Waals surface area (Å²) in [5.74, 6) is 2.09. The number of halogens is 2. The van der Waals surface area contributed by atoms with Gasteiger partial charge in [0.25, 0.3) is 0 Å². The molecule has 4 aromatic rings. The van der Waals surface area contributed by atoms with Gasteiger partial charge in [-0.15, -0.1) is 0 Å². The van der Waals surface area contributed by atoms with Gasteiger partial charge in [0, 0.05) is 22.2 Å². The van der Waals surface area contributed by atoms with Crippen molar-refractivity contribution in [1.82, 2.24) is 0 Å². The van der Waals surface area contributed by atoms with E-state index in [-0.39, 0.29) is 7.69 Å². The fourth-order valence-electron chi connectivity index (χ4n) is 3.05. The lowest BCUT2D eigenvalue weighted by atomic mass is 10.2. The summed E-state index contributed by atoms with van der Waals surface area (Å²) >= 11 is 12.3. The fourth-order valence-corrected chi connectivity index (χ4v) is 3.38. The van der Waals surface area contributed by atoms with Gasteiger partial charge in [-0.2, -0.15) is 0 Å². The van der Waals surface area contributed by atoms with Crippen molar-refractivity contribution in [3.05, 3.63) is 118 Å². The Balaban J connectivity index is 1.39. The summed E-state index contributed by atoms with van der Waals surface area (Å²) in [5, 5.41) is 1.07. The van der Waals surface area contributed by atoms with Crippen LogP contribution in [-0.2, 0) is 13.2 Å². The van der Waals surface area contributed by atoms with Crippen LogP contribution in [0.3, 0.4) is 0 Å². The van der Waals surface area contributed by atoms with Crippen molar-refractivity contribution in [1.29, 1.82) is 0 Å². The van der Waals surface area contributed by atoms with E-state index in [1.54, 1.807) is 36.4 Å². The first-order valence-corrected chi connectivity index (χ1v) is 11.1. The molecule has 0 amide bonds. The van der Waals surface area contributed by atoms with Crippen molar-refractivity contribution in [2.75, 3.05) is 0 Å². The molecule has 0 radical (unpaired) electrons. The third-order valence-corrected chi connectivity index (χ3v) is 5.18. The number of hydrogen-bond donors (Lipinski definition) is 0. The Morgan fingerprint density at radius 1 is 0.515 bits per heavy atom. The molecule has 166 valence electrons. The molecule has 0 atom stereocenters. The lowest BCUT2D eigenvalue weighted by Crippen LogP contribution is -2.12. The zero-order valence-electron chi connectivity index (χ0n) is 17.7. The topological polar surface area (TPSA) is 36.9 Å². The van der Waals surface area contributed by atoms with Crippen LogP contribution in [0.15, 0.2) is 97.1 Å². The van der Waals surface area contributed by atoms with Gasteiger partial charge in [0.05, 0.1) is 0 Å². The van der Waals surface area contributed by atoms with Crippen LogP contribution in [0.5, 0.6) is 23.0 Å². The average molecular weight is 479 g/mol. The van der Waals surface area contributed by atoms with Crippen LogP contribution in [0, 0.1) is 0 Å². The summed E-state index contributed by atoms with van der Waals surface area (Å²) in [7, 11) is -0.0793. The predicted octanol–water partition coefficient (Wildman–Crippen LogP) is 6.88. The van der Waals surface area contributed by atoms with Crippen LogP contribution < -0.4 is 18.8 Å². The SMILES string of the molecule is Clc1ccc(OCc2ccccc2)c(OBOc2cc(Cl)ccc2OCc2ccccc2)c1. The molecule has 0 fully saturated rings. The smallest absolute Gasteiger partial charge is 0.526 e. The van der Waals surface area contributed by atoms with Crippen LogP contribution in [0.2, 0.25) is 10.0 Å². The summed E-state index contributed by atoms with van der Waals surface area (Å²) in [6, 6.07) is 30.2. The molecule has 0 bridgehead atoms.